The Bertz CT molecular complexity index is 344. The molecule has 1 aromatic carbocycles. The van der Waals surface area contributed by atoms with Gasteiger partial charge in [-0.3, -0.25) is 0 Å². The zero-order valence-electron chi connectivity index (χ0n) is 9.59. The largest absolute Gasteiger partial charge is 0.198 e. The van der Waals surface area contributed by atoms with Crippen molar-refractivity contribution in [1.29, 1.82) is 5.26 Å². The first-order valence-electron chi connectivity index (χ1n) is 4.99. The standard InChI is InChI=1S/C7H8.C3H5N.C2H3N3/c1-7-5-3-2-4-6-7;1-2-3-4;1-2-4-5-3-1/h2-6H,1H3;2H2,1H3;1-2H,(H,3,4,5). The van der Waals surface area contributed by atoms with Gasteiger partial charge in [0.15, 0.2) is 0 Å². The fourth-order valence-corrected chi connectivity index (χ4v) is 0.701. The first-order valence-corrected chi connectivity index (χ1v) is 4.99. The van der Waals surface area contributed by atoms with Gasteiger partial charge in [0, 0.05) is 6.42 Å². The van der Waals surface area contributed by atoms with E-state index in [1.54, 1.807) is 12.4 Å². The highest BCUT2D eigenvalue weighted by Crippen LogP contribution is 1.92. The van der Waals surface area contributed by atoms with Gasteiger partial charge in [-0.1, -0.05) is 42.8 Å². The average Bonchev–Trinajstić information content (AvgIpc) is 2.89. The van der Waals surface area contributed by atoms with Crippen LogP contribution in [-0.2, 0) is 0 Å². The molecule has 0 saturated heterocycles. The Morgan fingerprint density at radius 2 is 1.69 bits per heavy atom. The highest BCUT2D eigenvalue weighted by molar-refractivity contribution is 5.11. The number of hydrogen-bond donors (Lipinski definition) is 1. The third-order valence-electron chi connectivity index (χ3n) is 1.43. The van der Waals surface area contributed by atoms with Gasteiger partial charge >= 0.3 is 0 Å². The molecule has 4 nitrogen and oxygen atoms in total. The number of benzene rings is 1. The highest BCUT2D eigenvalue weighted by atomic mass is 15.3. The summed E-state index contributed by atoms with van der Waals surface area (Å²) in [5.41, 5.74) is 1.32. The summed E-state index contributed by atoms with van der Waals surface area (Å²) in [6.07, 6.45) is 3.79. The van der Waals surface area contributed by atoms with Crippen molar-refractivity contribution in [3.8, 4) is 6.07 Å². The Hall–Kier alpha value is -2.15. The van der Waals surface area contributed by atoms with Crippen molar-refractivity contribution < 1.29 is 0 Å². The van der Waals surface area contributed by atoms with Gasteiger partial charge in [-0.25, -0.2) is 0 Å². The fraction of sp³-hybridized carbons (Fsp3) is 0.250. The van der Waals surface area contributed by atoms with Crippen molar-refractivity contribution >= 4 is 0 Å². The van der Waals surface area contributed by atoms with E-state index in [0.29, 0.717) is 6.42 Å². The van der Waals surface area contributed by atoms with Crippen molar-refractivity contribution in [3.63, 3.8) is 0 Å². The monoisotopic (exact) mass is 216 g/mol. The molecule has 0 radical (unpaired) electrons. The number of nitrogens with one attached hydrogen (secondary N) is 1. The van der Waals surface area contributed by atoms with Gasteiger partial charge in [-0.2, -0.15) is 20.7 Å². The predicted octanol–water partition coefficient (Wildman–Crippen LogP) is 2.72. The van der Waals surface area contributed by atoms with Crippen LogP contribution in [0.25, 0.3) is 0 Å². The second-order valence-corrected chi connectivity index (χ2v) is 2.82. The van der Waals surface area contributed by atoms with Crippen LogP contribution in [0.4, 0.5) is 0 Å². The molecule has 1 N–H and O–H groups in total. The van der Waals surface area contributed by atoms with Crippen LogP contribution in [0.5, 0.6) is 0 Å². The minimum atomic E-state index is 0.625. The van der Waals surface area contributed by atoms with Crippen molar-refractivity contribution in [2.75, 3.05) is 0 Å². The van der Waals surface area contributed by atoms with Crippen molar-refractivity contribution in [2.45, 2.75) is 20.3 Å². The van der Waals surface area contributed by atoms with Crippen LogP contribution in [0.15, 0.2) is 42.7 Å². The first-order chi connectivity index (χ1) is 7.81. The smallest absolute Gasteiger partial charge is 0.0690 e. The number of rotatable bonds is 0. The van der Waals surface area contributed by atoms with Gasteiger partial charge in [0.2, 0.25) is 0 Å². The predicted molar refractivity (Wildman–Crippen MR) is 63.5 cm³/mol. The molecule has 0 aliphatic rings. The number of aromatic nitrogens is 3. The summed E-state index contributed by atoms with van der Waals surface area (Å²) in [6.45, 7) is 3.90. The summed E-state index contributed by atoms with van der Waals surface area (Å²) in [7, 11) is 0. The van der Waals surface area contributed by atoms with E-state index < -0.39 is 0 Å². The molecular weight excluding hydrogens is 200 g/mol. The van der Waals surface area contributed by atoms with Gasteiger partial charge < -0.3 is 0 Å². The number of hydrogen-bond acceptors (Lipinski definition) is 3. The van der Waals surface area contributed by atoms with Crippen LogP contribution >= 0.6 is 0 Å². The summed E-state index contributed by atoms with van der Waals surface area (Å²) >= 11 is 0. The second-order valence-electron chi connectivity index (χ2n) is 2.82. The molecule has 0 bridgehead atoms. The topological polar surface area (TPSA) is 65.4 Å². The van der Waals surface area contributed by atoms with Crippen LogP contribution in [0.2, 0.25) is 0 Å². The highest BCUT2D eigenvalue weighted by Gasteiger charge is 1.72. The number of aromatic amines is 1. The Morgan fingerprint density at radius 1 is 1.19 bits per heavy atom. The zero-order valence-corrected chi connectivity index (χ0v) is 9.59. The Labute approximate surface area is 95.9 Å². The molecule has 0 aliphatic heterocycles. The average molecular weight is 216 g/mol. The Balaban J connectivity index is 0.000000222. The molecular formula is C12H16N4. The lowest BCUT2D eigenvalue weighted by atomic mass is 10.2. The number of H-pyrrole nitrogens is 1. The molecule has 0 amide bonds. The van der Waals surface area contributed by atoms with Gasteiger partial charge in [0.05, 0.1) is 18.5 Å². The molecule has 4 heteroatoms. The maximum absolute atomic E-state index is 7.62. The summed E-state index contributed by atoms with van der Waals surface area (Å²) in [5.74, 6) is 0. The summed E-state index contributed by atoms with van der Waals surface area (Å²) < 4.78 is 0. The molecule has 2 rings (SSSR count). The van der Waals surface area contributed by atoms with Crippen molar-refractivity contribution in [3.05, 3.63) is 48.3 Å². The van der Waals surface area contributed by atoms with Gasteiger partial charge in [0.25, 0.3) is 0 Å². The van der Waals surface area contributed by atoms with Gasteiger partial charge in [0.1, 0.15) is 0 Å². The van der Waals surface area contributed by atoms with Gasteiger partial charge in [-0.15, -0.1) is 0 Å². The minimum Gasteiger partial charge on any atom is -0.198 e. The van der Waals surface area contributed by atoms with E-state index in [9.17, 15) is 0 Å². The summed E-state index contributed by atoms with van der Waals surface area (Å²) in [5, 5.41) is 17.0. The quantitative estimate of drug-likeness (QED) is 0.736. The molecule has 84 valence electrons. The van der Waals surface area contributed by atoms with E-state index in [1.165, 1.54) is 5.56 Å². The molecule has 16 heavy (non-hydrogen) atoms. The van der Waals surface area contributed by atoms with Crippen molar-refractivity contribution in [1.82, 2.24) is 15.4 Å². The second kappa shape index (κ2) is 10.9. The van der Waals surface area contributed by atoms with Crippen LogP contribution in [0.3, 0.4) is 0 Å². The normalized spacial score (nSPS) is 7.56. The van der Waals surface area contributed by atoms with E-state index in [-0.39, 0.29) is 0 Å². The Morgan fingerprint density at radius 3 is 1.88 bits per heavy atom. The SMILES string of the molecule is CCC#N.Cc1ccccc1.c1cn[nH]n1. The number of nitrogens with zero attached hydrogens (tertiary/aromatic N) is 3. The van der Waals surface area contributed by atoms with Gasteiger partial charge in [-0.05, 0) is 6.92 Å². The number of nitriles is 1. The lowest BCUT2D eigenvalue weighted by Crippen LogP contribution is -1.62. The van der Waals surface area contributed by atoms with E-state index in [1.807, 2.05) is 31.2 Å². The molecule has 2 aromatic rings. The Kier molecular flexibility index (Phi) is 9.46. The molecule has 0 unspecified atom stereocenters. The summed E-state index contributed by atoms with van der Waals surface area (Å²) in [4.78, 5) is 0. The minimum absolute atomic E-state index is 0.625. The maximum atomic E-state index is 7.62. The molecule has 0 saturated carbocycles. The van der Waals surface area contributed by atoms with Crippen LogP contribution in [0.1, 0.15) is 18.9 Å². The van der Waals surface area contributed by atoms with E-state index in [2.05, 4.69) is 34.5 Å². The first kappa shape index (κ1) is 13.8. The molecule has 0 aliphatic carbocycles. The maximum Gasteiger partial charge on any atom is 0.0690 e. The van der Waals surface area contributed by atoms with E-state index in [0.717, 1.165) is 0 Å². The molecule has 0 fully saturated rings. The number of aryl methyl sites for hydroxylation is 1. The van der Waals surface area contributed by atoms with Crippen LogP contribution < -0.4 is 0 Å². The fourth-order valence-electron chi connectivity index (χ4n) is 0.701. The van der Waals surface area contributed by atoms with E-state index >= 15 is 0 Å². The van der Waals surface area contributed by atoms with Crippen molar-refractivity contribution in [2.24, 2.45) is 0 Å². The van der Waals surface area contributed by atoms with Crippen LogP contribution in [0, 0.1) is 18.3 Å². The van der Waals surface area contributed by atoms with Crippen LogP contribution in [-0.4, -0.2) is 15.4 Å². The molecule has 0 spiro atoms. The third kappa shape index (κ3) is 9.93. The summed E-state index contributed by atoms with van der Waals surface area (Å²) in [6, 6.07) is 12.2. The molecule has 1 aromatic heterocycles. The zero-order chi connectivity index (χ0) is 12.1. The molecule has 0 atom stereocenters. The lowest BCUT2D eigenvalue weighted by Gasteiger charge is -1.82. The van der Waals surface area contributed by atoms with E-state index in [4.69, 9.17) is 5.26 Å². The molecule has 1 heterocycles. The lowest BCUT2D eigenvalue weighted by molar-refractivity contribution is 0.940. The third-order valence-corrected chi connectivity index (χ3v) is 1.43.